The summed E-state index contributed by atoms with van der Waals surface area (Å²) in [5.74, 6) is 0.527. The summed E-state index contributed by atoms with van der Waals surface area (Å²) in [5, 5.41) is 2.51. The molecule has 1 aliphatic rings. The zero-order chi connectivity index (χ0) is 12.6. The van der Waals surface area contributed by atoms with E-state index in [4.69, 9.17) is 4.74 Å². The molecule has 94 valence electrons. The van der Waals surface area contributed by atoms with Crippen LogP contribution in [0.4, 0.5) is 18.9 Å². The summed E-state index contributed by atoms with van der Waals surface area (Å²) >= 11 is 3.32. The van der Waals surface area contributed by atoms with E-state index in [0.717, 1.165) is 10.0 Å². The summed E-state index contributed by atoms with van der Waals surface area (Å²) in [7, 11) is 1.48. The van der Waals surface area contributed by atoms with Crippen molar-refractivity contribution in [2.45, 2.75) is 25.1 Å². The molecule has 1 unspecified atom stereocenters. The van der Waals surface area contributed by atoms with Crippen molar-refractivity contribution in [1.82, 2.24) is 0 Å². The van der Waals surface area contributed by atoms with Crippen LogP contribution >= 0.6 is 15.9 Å². The third kappa shape index (κ3) is 2.51. The fourth-order valence-corrected chi connectivity index (χ4v) is 2.45. The number of nitrogens with one attached hydrogen (secondary N) is 1. The second-order valence-corrected chi connectivity index (χ2v) is 4.78. The molecule has 17 heavy (non-hydrogen) atoms. The van der Waals surface area contributed by atoms with Crippen molar-refractivity contribution in [3.05, 3.63) is 22.2 Å². The van der Waals surface area contributed by atoms with Gasteiger partial charge in [0.25, 0.3) is 0 Å². The highest BCUT2D eigenvalue weighted by Crippen LogP contribution is 2.38. The summed E-state index contributed by atoms with van der Waals surface area (Å²) in [6.07, 6.45) is -3.73. The van der Waals surface area contributed by atoms with Crippen LogP contribution in [0.3, 0.4) is 0 Å². The van der Waals surface area contributed by atoms with Gasteiger partial charge in [0.1, 0.15) is 11.8 Å². The largest absolute Gasteiger partial charge is 0.495 e. The lowest BCUT2D eigenvalue weighted by Crippen LogP contribution is -2.39. The number of anilines is 1. The van der Waals surface area contributed by atoms with Crippen LogP contribution in [0, 0.1) is 0 Å². The zero-order valence-corrected chi connectivity index (χ0v) is 10.7. The summed E-state index contributed by atoms with van der Waals surface area (Å²) in [6, 6.07) is 1.92. The van der Waals surface area contributed by atoms with Gasteiger partial charge >= 0.3 is 6.18 Å². The Bertz CT molecular complexity index is 433. The first-order valence-corrected chi connectivity index (χ1v) is 5.91. The number of benzene rings is 1. The first-order chi connectivity index (χ1) is 7.91. The maximum Gasteiger partial charge on any atom is 0.408 e. The molecule has 1 aromatic rings. The maximum absolute atomic E-state index is 12.6. The van der Waals surface area contributed by atoms with Gasteiger partial charge in [-0.25, -0.2) is 0 Å². The molecule has 0 spiro atoms. The van der Waals surface area contributed by atoms with Crippen molar-refractivity contribution in [2.75, 3.05) is 12.4 Å². The monoisotopic (exact) mass is 309 g/mol. The van der Waals surface area contributed by atoms with Crippen molar-refractivity contribution < 1.29 is 17.9 Å². The zero-order valence-electron chi connectivity index (χ0n) is 9.07. The second kappa shape index (κ2) is 4.40. The molecule has 1 aromatic carbocycles. The predicted octanol–water partition coefficient (Wildman–Crippen LogP) is 3.75. The van der Waals surface area contributed by atoms with Crippen molar-refractivity contribution in [3.8, 4) is 5.75 Å². The van der Waals surface area contributed by atoms with E-state index in [2.05, 4.69) is 21.2 Å². The number of aryl methyl sites for hydroxylation is 1. The first kappa shape index (κ1) is 12.5. The van der Waals surface area contributed by atoms with Crippen LogP contribution in [0.15, 0.2) is 16.6 Å². The first-order valence-electron chi connectivity index (χ1n) is 5.11. The molecule has 1 N–H and O–H groups in total. The van der Waals surface area contributed by atoms with Gasteiger partial charge in [0.2, 0.25) is 0 Å². The summed E-state index contributed by atoms with van der Waals surface area (Å²) in [5.41, 5.74) is 1.37. The van der Waals surface area contributed by atoms with E-state index < -0.39 is 12.2 Å². The Morgan fingerprint density at radius 2 is 2.12 bits per heavy atom. The number of fused-ring (bicyclic) bond motifs is 1. The van der Waals surface area contributed by atoms with Gasteiger partial charge in [-0.3, -0.25) is 0 Å². The normalized spacial score (nSPS) is 19.5. The fourth-order valence-electron chi connectivity index (χ4n) is 1.90. The maximum atomic E-state index is 12.6. The number of hydrogen-bond donors (Lipinski definition) is 1. The Morgan fingerprint density at radius 3 is 2.71 bits per heavy atom. The molecule has 2 rings (SSSR count). The van der Waals surface area contributed by atoms with Gasteiger partial charge in [-0.1, -0.05) is 0 Å². The van der Waals surface area contributed by atoms with Crippen molar-refractivity contribution in [2.24, 2.45) is 0 Å². The van der Waals surface area contributed by atoms with Crippen LogP contribution in [-0.4, -0.2) is 19.3 Å². The molecule has 0 amide bonds. The van der Waals surface area contributed by atoms with Crippen LogP contribution in [0.5, 0.6) is 5.75 Å². The van der Waals surface area contributed by atoms with E-state index in [0.29, 0.717) is 17.9 Å². The number of methoxy groups -OCH3 is 1. The molecule has 0 aromatic heterocycles. The molecule has 2 nitrogen and oxygen atoms in total. The van der Waals surface area contributed by atoms with Crippen molar-refractivity contribution in [3.63, 3.8) is 0 Å². The van der Waals surface area contributed by atoms with Crippen LogP contribution in [-0.2, 0) is 6.42 Å². The minimum absolute atomic E-state index is 0.0648. The van der Waals surface area contributed by atoms with Gasteiger partial charge < -0.3 is 10.1 Å². The van der Waals surface area contributed by atoms with Crippen LogP contribution in [0.2, 0.25) is 0 Å². The summed E-state index contributed by atoms with van der Waals surface area (Å²) < 4.78 is 43.6. The summed E-state index contributed by atoms with van der Waals surface area (Å²) in [6.45, 7) is 0. The number of rotatable bonds is 1. The van der Waals surface area contributed by atoms with Crippen LogP contribution in [0.1, 0.15) is 12.0 Å². The standard InChI is InChI=1S/C11H11BrF3NO/c1-17-9-5-8-6(4-7(9)12)2-3-10(16-8)11(13,14)15/h4-5,10,16H,2-3H2,1H3. The molecule has 6 heteroatoms. The van der Waals surface area contributed by atoms with Gasteiger partial charge in [-0.15, -0.1) is 0 Å². The number of hydrogen-bond acceptors (Lipinski definition) is 2. The van der Waals surface area contributed by atoms with Crippen LogP contribution < -0.4 is 10.1 Å². The fraction of sp³-hybridized carbons (Fsp3) is 0.455. The molecular formula is C11H11BrF3NO. The topological polar surface area (TPSA) is 21.3 Å². The number of halogens is 4. The lowest BCUT2D eigenvalue weighted by atomic mass is 9.97. The highest BCUT2D eigenvalue weighted by molar-refractivity contribution is 9.10. The Kier molecular flexibility index (Phi) is 3.25. The minimum Gasteiger partial charge on any atom is -0.495 e. The van der Waals surface area contributed by atoms with Gasteiger partial charge in [-0.05, 0) is 40.4 Å². The molecule has 0 fully saturated rings. The lowest BCUT2D eigenvalue weighted by molar-refractivity contribution is -0.144. The molecule has 0 radical (unpaired) electrons. The molecule has 1 atom stereocenters. The van der Waals surface area contributed by atoms with E-state index in [1.807, 2.05) is 0 Å². The molecule has 0 aliphatic carbocycles. The SMILES string of the molecule is COc1cc2c(cc1Br)CCC(C(F)(F)F)N2. The molecule has 1 heterocycles. The van der Waals surface area contributed by atoms with Gasteiger partial charge in [-0.2, -0.15) is 13.2 Å². The highest BCUT2D eigenvalue weighted by Gasteiger charge is 2.41. The van der Waals surface area contributed by atoms with E-state index in [-0.39, 0.29) is 6.42 Å². The smallest absolute Gasteiger partial charge is 0.408 e. The Labute approximate surface area is 105 Å². The average molecular weight is 310 g/mol. The minimum atomic E-state index is -4.21. The Morgan fingerprint density at radius 1 is 1.41 bits per heavy atom. The lowest BCUT2D eigenvalue weighted by Gasteiger charge is -2.29. The second-order valence-electron chi connectivity index (χ2n) is 3.92. The van der Waals surface area contributed by atoms with Gasteiger partial charge in [0.15, 0.2) is 0 Å². The van der Waals surface area contributed by atoms with E-state index in [1.54, 1.807) is 12.1 Å². The van der Waals surface area contributed by atoms with Crippen molar-refractivity contribution >= 4 is 21.6 Å². The Balaban J connectivity index is 2.31. The van der Waals surface area contributed by atoms with E-state index in [9.17, 15) is 13.2 Å². The third-order valence-electron chi connectivity index (χ3n) is 2.80. The van der Waals surface area contributed by atoms with Gasteiger partial charge in [0.05, 0.1) is 11.6 Å². The van der Waals surface area contributed by atoms with Crippen LogP contribution in [0.25, 0.3) is 0 Å². The molecule has 1 aliphatic heterocycles. The summed E-state index contributed by atoms with van der Waals surface area (Å²) in [4.78, 5) is 0. The van der Waals surface area contributed by atoms with Gasteiger partial charge in [0, 0.05) is 11.8 Å². The highest BCUT2D eigenvalue weighted by atomic mass is 79.9. The Hall–Kier alpha value is -0.910. The molecule has 0 saturated heterocycles. The van der Waals surface area contributed by atoms with E-state index in [1.165, 1.54) is 7.11 Å². The number of ether oxygens (including phenoxy) is 1. The van der Waals surface area contributed by atoms with Crippen molar-refractivity contribution in [1.29, 1.82) is 0 Å². The van der Waals surface area contributed by atoms with E-state index >= 15 is 0 Å². The third-order valence-corrected chi connectivity index (χ3v) is 3.42. The predicted molar refractivity (Wildman–Crippen MR) is 62.5 cm³/mol. The molecule has 0 bridgehead atoms. The molecular weight excluding hydrogens is 299 g/mol. The number of alkyl halides is 3. The average Bonchev–Trinajstić information content (AvgIpc) is 2.26. The quantitative estimate of drug-likeness (QED) is 0.853. The molecule has 0 saturated carbocycles.